The lowest BCUT2D eigenvalue weighted by molar-refractivity contribution is 0.199. The number of nitrogens with zero attached hydrogens (tertiary/aromatic N) is 5. The monoisotopic (exact) mass is 313 g/mol. The van der Waals surface area contributed by atoms with Crippen LogP contribution < -0.4 is 4.90 Å². The van der Waals surface area contributed by atoms with Crippen LogP contribution in [0.4, 0.5) is 5.82 Å². The quantitative estimate of drug-likeness (QED) is 0.850. The molecule has 3 heterocycles. The summed E-state index contributed by atoms with van der Waals surface area (Å²) in [5.74, 6) is 1.90. The van der Waals surface area contributed by atoms with Gasteiger partial charge in [0.15, 0.2) is 0 Å². The number of piperidine rings is 1. The van der Waals surface area contributed by atoms with Crippen LogP contribution in [0, 0.1) is 5.92 Å². The highest BCUT2D eigenvalue weighted by molar-refractivity contribution is 5.39. The van der Waals surface area contributed by atoms with Gasteiger partial charge >= 0.3 is 0 Å². The Labute approximate surface area is 139 Å². The van der Waals surface area contributed by atoms with Crippen LogP contribution in [0.1, 0.15) is 25.3 Å². The van der Waals surface area contributed by atoms with Crippen LogP contribution in [-0.2, 0) is 6.54 Å². The summed E-state index contributed by atoms with van der Waals surface area (Å²) in [5.41, 5.74) is 1.21. The standard InChI is InChI=1S/C18H27N5/c1-15(21(2)3)17-6-9-23(10-7-17)18-5-4-16(12-20-18)13-22-11-8-19-14-22/h4-5,8,11-12,14-15,17H,6-7,9-10,13H2,1-3H3/t15-/m1/s1. The van der Waals surface area contributed by atoms with Crippen LogP contribution in [0.2, 0.25) is 0 Å². The van der Waals surface area contributed by atoms with Crippen molar-refractivity contribution < 1.29 is 0 Å². The molecular weight excluding hydrogens is 286 g/mol. The van der Waals surface area contributed by atoms with Gasteiger partial charge in [-0.1, -0.05) is 6.07 Å². The van der Waals surface area contributed by atoms with E-state index in [0.717, 1.165) is 31.4 Å². The first-order valence-corrected chi connectivity index (χ1v) is 8.45. The molecule has 1 atom stereocenters. The highest BCUT2D eigenvalue weighted by Crippen LogP contribution is 2.25. The largest absolute Gasteiger partial charge is 0.357 e. The van der Waals surface area contributed by atoms with E-state index in [2.05, 4.69) is 57.5 Å². The molecule has 0 aromatic carbocycles. The van der Waals surface area contributed by atoms with E-state index in [1.807, 2.05) is 18.7 Å². The summed E-state index contributed by atoms with van der Waals surface area (Å²) in [6.45, 7) is 5.38. The third-order valence-corrected chi connectivity index (χ3v) is 5.09. The highest BCUT2D eigenvalue weighted by atomic mass is 15.2. The summed E-state index contributed by atoms with van der Waals surface area (Å²) < 4.78 is 2.06. The maximum atomic E-state index is 4.67. The molecular formula is C18H27N5. The SMILES string of the molecule is C[C@H](C1CCN(c2ccc(Cn3ccnc3)cn2)CC1)N(C)C. The lowest BCUT2D eigenvalue weighted by atomic mass is 9.90. The Balaban J connectivity index is 1.56. The van der Waals surface area contributed by atoms with Crippen LogP contribution >= 0.6 is 0 Å². The van der Waals surface area contributed by atoms with Gasteiger partial charge in [-0.25, -0.2) is 9.97 Å². The first-order valence-electron chi connectivity index (χ1n) is 8.45. The molecule has 2 aromatic heterocycles. The van der Waals surface area contributed by atoms with Crippen molar-refractivity contribution in [2.24, 2.45) is 5.92 Å². The second-order valence-electron chi connectivity index (χ2n) is 6.79. The van der Waals surface area contributed by atoms with Crippen molar-refractivity contribution in [1.29, 1.82) is 0 Å². The number of hydrogen-bond donors (Lipinski definition) is 0. The van der Waals surface area contributed by atoms with E-state index in [4.69, 9.17) is 0 Å². The molecule has 1 fully saturated rings. The zero-order valence-corrected chi connectivity index (χ0v) is 14.4. The average molecular weight is 313 g/mol. The third-order valence-electron chi connectivity index (χ3n) is 5.09. The van der Waals surface area contributed by atoms with Crippen molar-refractivity contribution in [2.75, 3.05) is 32.1 Å². The van der Waals surface area contributed by atoms with Crippen LogP contribution in [0.15, 0.2) is 37.1 Å². The molecule has 23 heavy (non-hydrogen) atoms. The van der Waals surface area contributed by atoms with Crippen molar-refractivity contribution in [3.63, 3.8) is 0 Å². The molecule has 3 rings (SSSR count). The maximum Gasteiger partial charge on any atom is 0.128 e. The molecule has 0 spiro atoms. The summed E-state index contributed by atoms with van der Waals surface area (Å²) in [6, 6.07) is 4.99. The minimum atomic E-state index is 0.655. The molecule has 0 saturated carbocycles. The van der Waals surface area contributed by atoms with Gasteiger partial charge in [-0.2, -0.15) is 0 Å². The van der Waals surface area contributed by atoms with Crippen molar-refractivity contribution in [2.45, 2.75) is 32.4 Å². The molecule has 0 N–H and O–H groups in total. The van der Waals surface area contributed by atoms with Gasteiger partial charge in [0.1, 0.15) is 5.82 Å². The van der Waals surface area contributed by atoms with E-state index in [-0.39, 0.29) is 0 Å². The maximum absolute atomic E-state index is 4.67. The summed E-state index contributed by atoms with van der Waals surface area (Å²) in [5, 5.41) is 0. The molecule has 0 radical (unpaired) electrons. The topological polar surface area (TPSA) is 37.2 Å². The summed E-state index contributed by atoms with van der Waals surface area (Å²) in [7, 11) is 4.36. The van der Waals surface area contributed by atoms with Crippen LogP contribution in [0.25, 0.3) is 0 Å². The zero-order chi connectivity index (χ0) is 16.2. The van der Waals surface area contributed by atoms with E-state index in [1.54, 1.807) is 6.20 Å². The lowest BCUT2D eigenvalue weighted by Gasteiger charge is -2.37. The summed E-state index contributed by atoms with van der Waals surface area (Å²) in [6.07, 6.45) is 10.1. The average Bonchev–Trinajstić information content (AvgIpc) is 3.08. The smallest absolute Gasteiger partial charge is 0.128 e. The van der Waals surface area contributed by atoms with E-state index in [0.29, 0.717) is 6.04 Å². The number of pyridine rings is 1. The molecule has 0 unspecified atom stereocenters. The Morgan fingerprint density at radius 1 is 1.26 bits per heavy atom. The van der Waals surface area contributed by atoms with Gasteiger partial charge in [0.2, 0.25) is 0 Å². The van der Waals surface area contributed by atoms with Crippen molar-refractivity contribution in [3.8, 4) is 0 Å². The van der Waals surface area contributed by atoms with Gasteiger partial charge in [-0.05, 0) is 51.4 Å². The predicted octanol–water partition coefficient (Wildman–Crippen LogP) is 2.49. The van der Waals surface area contributed by atoms with E-state index >= 15 is 0 Å². The second kappa shape index (κ2) is 7.13. The molecule has 0 amide bonds. The van der Waals surface area contributed by atoms with Crippen molar-refractivity contribution in [1.82, 2.24) is 19.4 Å². The fourth-order valence-corrected chi connectivity index (χ4v) is 3.32. The van der Waals surface area contributed by atoms with Crippen molar-refractivity contribution >= 4 is 5.82 Å². The normalized spacial score (nSPS) is 17.7. The predicted molar refractivity (Wildman–Crippen MR) is 93.7 cm³/mol. The van der Waals surface area contributed by atoms with Gasteiger partial charge in [0.05, 0.1) is 6.33 Å². The van der Waals surface area contributed by atoms with Crippen LogP contribution in [0.3, 0.4) is 0 Å². The number of anilines is 1. The molecule has 124 valence electrons. The highest BCUT2D eigenvalue weighted by Gasteiger charge is 2.25. The molecule has 0 bridgehead atoms. The minimum absolute atomic E-state index is 0.655. The van der Waals surface area contributed by atoms with Crippen LogP contribution in [0.5, 0.6) is 0 Å². The molecule has 1 saturated heterocycles. The molecule has 1 aliphatic heterocycles. The Kier molecular flexibility index (Phi) is 4.96. The van der Waals surface area contributed by atoms with Gasteiger partial charge in [-0.3, -0.25) is 0 Å². The van der Waals surface area contributed by atoms with Gasteiger partial charge in [0.25, 0.3) is 0 Å². The van der Waals surface area contributed by atoms with Crippen LogP contribution in [-0.4, -0.2) is 52.7 Å². The Morgan fingerprint density at radius 3 is 2.61 bits per heavy atom. The number of rotatable bonds is 5. The van der Waals surface area contributed by atoms with Gasteiger partial charge in [-0.15, -0.1) is 0 Å². The Morgan fingerprint density at radius 2 is 2.04 bits per heavy atom. The van der Waals surface area contributed by atoms with E-state index in [1.165, 1.54) is 18.4 Å². The second-order valence-corrected chi connectivity index (χ2v) is 6.79. The first-order chi connectivity index (χ1) is 11.1. The molecule has 5 heteroatoms. The summed E-state index contributed by atoms with van der Waals surface area (Å²) in [4.78, 5) is 13.5. The Bertz CT molecular complexity index is 582. The first kappa shape index (κ1) is 16.0. The van der Waals surface area contributed by atoms with Crippen molar-refractivity contribution in [3.05, 3.63) is 42.6 Å². The van der Waals surface area contributed by atoms with Gasteiger partial charge in [0, 0.05) is 44.3 Å². The fraction of sp³-hybridized carbons (Fsp3) is 0.556. The van der Waals surface area contributed by atoms with E-state index in [9.17, 15) is 0 Å². The number of aromatic nitrogens is 3. The molecule has 5 nitrogen and oxygen atoms in total. The molecule has 0 aliphatic carbocycles. The van der Waals surface area contributed by atoms with Gasteiger partial charge < -0.3 is 14.4 Å². The van der Waals surface area contributed by atoms with E-state index < -0.39 is 0 Å². The number of hydrogen-bond acceptors (Lipinski definition) is 4. The zero-order valence-electron chi connectivity index (χ0n) is 14.4. The Hall–Kier alpha value is -1.88. The number of imidazole rings is 1. The molecule has 1 aliphatic rings. The lowest BCUT2D eigenvalue weighted by Crippen LogP contribution is -2.41. The molecule has 2 aromatic rings. The summed E-state index contributed by atoms with van der Waals surface area (Å²) >= 11 is 0. The fourth-order valence-electron chi connectivity index (χ4n) is 3.32. The third kappa shape index (κ3) is 3.91. The minimum Gasteiger partial charge on any atom is -0.357 e.